The molecule has 3 aliphatic rings. The Morgan fingerprint density at radius 1 is 1.19 bits per heavy atom. The van der Waals surface area contributed by atoms with E-state index in [9.17, 15) is 4.79 Å². The first-order chi connectivity index (χ1) is 13.2. The molecule has 3 atom stereocenters. The molecule has 5 rings (SSSR count). The molecule has 0 N–H and O–H groups in total. The second-order valence-electron chi connectivity index (χ2n) is 7.31. The fourth-order valence-corrected chi connectivity index (χ4v) is 4.78. The van der Waals surface area contributed by atoms with Crippen molar-refractivity contribution in [2.75, 3.05) is 6.79 Å². The fraction of sp³-hybridized carbons (Fsp3) is 0.381. The summed E-state index contributed by atoms with van der Waals surface area (Å²) in [6, 6.07) is 7.70. The Morgan fingerprint density at radius 3 is 2.96 bits per heavy atom. The molecule has 1 aromatic carbocycles. The Bertz CT molecular complexity index is 915. The zero-order valence-electron chi connectivity index (χ0n) is 14.7. The standard InChI is InChI=1S/C21H19BrO5/c22-15-3-1-2-12(4-15)5-20(23)27-21-16-8-19-18(25-11-26-19)7-13(16)6-14-9-24-10-17(14)21/h1-4,9-10,13,18-19H,5-8,11H2. The van der Waals surface area contributed by atoms with Gasteiger partial charge in [0.1, 0.15) is 18.8 Å². The molecule has 2 fully saturated rings. The largest absolute Gasteiger partial charge is 0.472 e. The maximum absolute atomic E-state index is 12.7. The Morgan fingerprint density at radius 2 is 2.07 bits per heavy atom. The van der Waals surface area contributed by atoms with E-state index < -0.39 is 0 Å². The van der Waals surface area contributed by atoms with Crippen molar-refractivity contribution < 1.29 is 23.4 Å². The lowest BCUT2D eigenvalue weighted by Crippen LogP contribution is -2.36. The summed E-state index contributed by atoms with van der Waals surface area (Å²) < 4.78 is 23.7. The Hall–Kier alpha value is -1.89. The molecule has 3 unspecified atom stereocenters. The number of carbonyl (C=O) groups excluding carboxylic acids is 1. The lowest BCUT2D eigenvalue weighted by Gasteiger charge is -2.35. The molecule has 0 radical (unpaired) electrons. The van der Waals surface area contributed by atoms with Crippen molar-refractivity contribution in [1.82, 2.24) is 0 Å². The first-order valence-corrected chi connectivity index (χ1v) is 9.93. The summed E-state index contributed by atoms with van der Waals surface area (Å²) in [5.41, 5.74) is 4.04. The van der Waals surface area contributed by atoms with Crippen LogP contribution in [0.3, 0.4) is 0 Å². The van der Waals surface area contributed by atoms with Gasteiger partial charge in [-0.2, -0.15) is 0 Å². The van der Waals surface area contributed by atoms with Gasteiger partial charge in [-0.05, 0) is 42.0 Å². The summed E-state index contributed by atoms with van der Waals surface area (Å²) in [5.74, 6) is 0.685. The fourth-order valence-electron chi connectivity index (χ4n) is 4.33. The van der Waals surface area contributed by atoms with Crippen LogP contribution < -0.4 is 0 Å². The van der Waals surface area contributed by atoms with E-state index in [0.29, 0.717) is 18.5 Å². The summed E-state index contributed by atoms with van der Waals surface area (Å²) in [6.07, 6.45) is 6.34. The first kappa shape index (κ1) is 17.2. The normalized spacial score (nSPS) is 26.3. The number of esters is 1. The molecule has 1 aliphatic heterocycles. The molecule has 1 aromatic heterocycles. The molecule has 2 heterocycles. The highest BCUT2D eigenvalue weighted by Crippen LogP contribution is 2.46. The molecule has 1 saturated heterocycles. The topological polar surface area (TPSA) is 57.9 Å². The quantitative estimate of drug-likeness (QED) is 0.681. The SMILES string of the molecule is O=C(Cc1cccc(Br)c1)OC1=C2CC3OCOC3CC2Cc2cocc21. The Labute approximate surface area is 165 Å². The van der Waals surface area contributed by atoms with Gasteiger partial charge in [0.25, 0.3) is 0 Å². The molecule has 0 bridgehead atoms. The lowest BCUT2D eigenvalue weighted by atomic mass is 9.73. The van der Waals surface area contributed by atoms with Crippen LogP contribution in [0, 0.1) is 5.92 Å². The van der Waals surface area contributed by atoms with Crippen LogP contribution in [-0.4, -0.2) is 25.0 Å². The van der Waals surface area contributed by atoms with Gasteiger partial charge in [0, 0.05) is 16.5 Å². The van der Waals surface area contributed by atoms with Crippen LogP contribution in [0.5, 0.6) is 0 Å². The molecule has 0 spiro atoms. The second-order valence-corrected chi connectivity index (χ2v) is 8.23. The van der Waals surface area contributed by atoms with E-state index in [-0.39, 0.29) is 24.6 Å². The van der Waals surface area contributed by atoms with E-state index in [0.717, 1.165) is 46.0 Å². The van der Waals surface area contributed by atoms with Gasteiger partial charge < -0.3 is 18.6 Å². The van der Waals surface area contributed by atoms with Crippen LogP contribution in [0.15, 0.2) is 51.3 Å². The number of ether oxygens (including phenoxy) is 3. The molecule has 2 aliphatic carbocycles. The zero-order chi connectivity index (χ0) is 18.4. The van der Waals surface area contributed by atoms with Crippen molar-refractivity contribution >= 4 is 27.7 Å². The van der Waals surface area contributed by atoms with Crippen molar-refractivity contribution in [2.24, 2.45) is 5.92 Å². The van der Waals surface area contributed by atoms with Crippen LogP contribution >= 0.6 is 15.9 Å². The molecule has 1 saturated carbocycles. The van der Waals surface area contributed by atoms with Crippen LogP contribution in [0.25, 0.3) is 5.76 Å². The van der Waals surface area contributed by atoms with Gasteiger partial charge in [-0.1, -0.05) is 28.1 Å². The molecule has 2 aromatic rings. The van der Waals surface area contributed by atoms with E-state index >= 15 is 0 Å². The van der Waals surface area contributed by atoms with Gasteiger partial charge in [0.05, 0.1) is 30.5 Å². The molecule has 140 valence electrons. The minimum absolute atomic E-state index is 0.0449. The summed E-state index contributed by atoms with van der Waals surface area (Å²) >= 11 is 3.44. The Balaban J connectivity index is 1.43. The molecule has 6 heteroatoms. The highest BCUT2D eigenvalue weighted by atomic mass is 79.9. The number of fused-ring (bicyclic) bond motifs is 3. The third kappa shape index (κ3) is 3.26. The summed E-state index contributed by atoms with van der Waals surface area (Å²) in [6.45, 7) is 0.349. The number of halogens is 1. The maximum atomic E-state index is 12.7. The highest BCUT2D eigenvalue weighted by molar-refractivity contribution is 9.10. The van der Waals surface area contributed by atoms with E-state index in [1.54, 1.807) is 12.5 Å². The summed E-state index contributed by atoms with van der Waals surface area (Å²) in [4.78, 5) is 12.7. The van der Waals surface area contributed by atoms with Crippen LogP contribution in [0.4, 0.5) is 0 Å². The van der Waals surface area contributed by atoms with Gasteiger partial charge >= 0.3 is 5.97 Å². The van der Waals surface area contributed by atoms with Crippen molar-refractivity contribution in [3.8, 4) is 0 Å². The summed E-state index contributed by atoms with van der Waals surface area (Å²) in [5, 5.41) is 0. The molecule has 5 nitrogen and oxygen atoms in total. The first-order valence-electron chi connectivity index (χ1n) is 9.14. The van der Waals surface area contributed by atoms with E-state index in [2.05, 4.69) is 15.9 Å². The number of furan rings is 1. The van der Waals surface area contributed by atoms with Crippen LogP contribution in [0.2, 0.25) is 0 Å². The lowest BCUT2D eigenvalue weighted by molar-refractivity contribution is -0.136. The number of rotatable bonds is 3. The van der Waals surface area contributed by atoms with Crippen molar-refractivity contribution in [1.29, 1.82) is 0 Å². The van der Waals surface area contributed by atoms with Crippen molar-refractivity contribution in [3.05, 3.63) is 63.5 Å². The number of benzene rings is 1. The van der Waals surface area contributed by atoms with E-state index in [1.807, 2.05) is 24.3 Å². The molecular formula is C21H19BrO5. The van der Waals surface area contributed by atoms with E-state index in [4.69, 9.17) is 18.6 Å². The van der Waals surface area contributed by atoms with Crippen LogP contribution in [-0.2, 0) is 31.8 Å². The molecular weight excluding hydrogens is 412 g/mol. The van der Waals surface area contributed by atoms with Crippen molar-refractivity contribution in [2.45, 2.75) is 37.9 Å². The van der Waals surface area contributed by atoms with Gasteiger partial charge in [0.2, 0.25) is 0 Å². The monoisotopic (exact) mass is 430 g/mol. The Kier molecular flexibility index (Phi) is 4.42. The van der Waals surface area contributed by atoms with Gasteiger partial charge in [-0.15, -0.1) is 0 Å². The summed E-state index contributed by atoms with van der Waals surface area (Å²) in [7, 11) is 0. The average Bonchev–Trinajstić information content (AvgIpc) is 3.28. The number of hydrogen-bond donors (Lipinski definition) is 0. The van der Waals surface area contributed by atoms with Gasteiger partial charge in [-0.3, -0.25) is 4.79 Å². The number of hydrogen-bond acceptors (Lipinski definition) is 5. The van der Waals surface area contributed by atoms with Crippen molar-refractivity contribution in [3.63, 3.8) is 0 Å². The predicted octanol–water partition coefficient (Wildman–Crippen LogP) is 4.25. The molecule has 0 amide bonds. The predicted molar refractivity (Wildman–Crippen MR) is 101 cm³/mol. The molecule has 27 heavy (non-hydrogen) atoms. The van der Waals surface area contributed by atoms with Crippen LogP contribution in [0.1, 0.15) is 29.5 Å². The minimum atomic E-state index is -0.269. The van der Waals surface area contributed by atoms with Gasteiger partial charge in [-0.25, -0.2) is 0 Å². The second kappa shape index (κ2) is 6.93. The average molecular weight is 431 g/mol. The third-order valence-electron chi connectivity index (χ3n) is 5.61. The highest BCUT2D eigenvalue weighted by Gasteiger charge is 2.43. The van der Waals surface area contributed by atoms with Gasteiger partial charge in [0.15, 0.2) is 0 Å². The number of carbonyl (C=O) groups is 1. The third-order valence-corrected chi connectivity index (χ3v) is 6.10. The zero-order valence-corrected chi connectivity index (χ0v) is 16.2. The van der Waals surface area contributed by atoms with E-state index in [1.165, 1.54) is 0 Å². The smallest absolute Gasteiger partial charge is 0.315 e. The maximum Gasteiger partial charge on any atom is 0.315 e. The minimum Gasteiger partial charge on any atom is -0.472 e.